The molecule has 9 heteroatoms. The molecule has 5 rings (SSSR count). The Hall–Kier alpha value is -3.40. The normalized spacial score (nSPS) is 16.1. The fraction of sp³-hybridized carbons (Fsp3) is 0.387. The summed E-state index contributed by atoms with van der Waals surface area (Å²) in [6, 6.07) is 21.1. The number of sulfonamides is 1. The maximum absolute atomic E-state index is 13.5. The molecule has 0 unspecified atom stereocenters. The highest BCUT2D eigenvalue weighted by atomic mass is 32.2. The molecule has 1 saturated heterocycles. The Labute approximate surface area is 237 Å². The van der Waals surface area contributed by atoms with Crippen LogP contribution in [0.2, 0.25) is 0 Å². The van der Waals surface area contributed by atoms with Crippen LogP contribution in [0.5, 0.6) is 5.75 Å². The predicted octanol–water partition coefficient (Wildman–Crippen LogP) is 4.25. The van der Waals surface area contributed by atoms with Crippen LogP contribution in [-0.2, 0) is 23.0 Å². The molecule has 1 amide bonds. The Morgan fingerprint density at radius 3 is 2.38 bits per heavy atom. The Bertz CT molecular complexity index is 1480. The number of carbonyl (C=O) groups is 1. The van der Waals surface area contributed by atoms with Gasteiger partial charge in [0.1, 0.15) is 5.75 Å². The van der Waals surface area contributed by atoms with E-state index in [1.54, 1.807) is 23.1 Å². The third-order valence-corrected chi connectivity index (χ3v) is 9.30. The number of carbonyl (C=O) groups excluding carboxylic acids is 1. The van der Waals surface area contributed by atoms with Gasteiger partial charge in [-0.1, -0.05) is 24.3 Å². The van der Waals surface area contributed by atoms with Crippen molar-refractivity contribution in [3.05, 3.63) is 83.4 Å². The molecule has 0 aromatic heterocycles. The van der Waals surface area contributed by atoms with Crippen molar-refractivity contribution in [2.75, 3.05) is 56.6 Å². The van der Waals surface area contributed by atoms with Crippen LogP contribution in [-0.4, -0.2) is 76.5 Å². The van der Waals surface area contributed by atoms with Crippen molar-refractivity contribution in [1.29, 1.82) is 0 Å². The van der Waals surface area contributed by atoms with Crippen molar-refractivity contribution in [2.45, 2.75) is 37.8 Å². The zero-order chi connectivity index (χ0) is 28.4. The molecule has 212 valence electrons. The van der Waals surface area contributed by atoms with Crippen molar-refractivity contribution in [3.63, 3.8) is 0 Å². The fourth-order valence-electron chi connectivity index (χ4n) is 5.40. The molecule has 0 N–H and O–H groups in total. The molecule has 0 bridgehead atoms. The minimum atomic E-state index is -3.52. The first-order chi connectivity index (χ1) is 19.1. The minimum Gasteiger partial charge on any atom is -0.489 e. The van der Waals surface area contributed by atoms with E-state index in [4.69, 9.17) is 4.74 Å². The van der Waals surface area contributed by atoms with Crippen molar-refractivity contribution in [3.8, 4) is 5.75 Å². The summed E-state index contributed by atoms with van der Waals surface area (Å²) in [5.74, 6) is 0.867. The first kappa shape index (κ1) is 28.1. The second-order valence-electron chi connectivity index (χ2n) is 10.9. The van der Waals surface area contributed by atoms with Crippen LogP contribution >= 0.6 is 0 Å². The molecule has 1 fully saturated rings. The Morgan fingerprint density at radius 1 is 0.900 bits per heavy atom. The van der Waals surface area contributed by atoms with Gasteiger partial charge in [0, 0.05) is 64.6 Å². The van der Waals surface area contributed by atoms with Crippen molar-refractivity contribution < 1.29 is 17.9 Å². The number of para-hydroxylation sites is 2. The van der Waals surface area contributed by atoms with Gasteiger partial charge < -0.3 is 14.5 Å². The van der Waals surface area contributed by atoms with Gasteiger partial charge in [0.25, 0.3) is 5.91 Å². The zero-order valence-corrected chi connectivity index (χ0v) is 24.5. The molecule has 0 saturated carbocycles. The van der Waals surface area contributed by atoms with Crippen LogP contribution < -0.4 is 14.5 Å². The number of fused-ring (bicyclic) bond motifs is 1. The Morgan fingerprint density at radius 2 is 1.65 bits per heavy atom. The lowest BCUT2D eigenvalue weighted by Gasteiger charge is -2.37. The second kappa shape index (κ2) is 11.6. The number of ether oxygens (including phenoxy) is 1. The van der Waals surface area contributed by atoms with Gasteiger partial charge >= 0.3 is 0 Å². The van der Waals surface area contributed by atoms with E-state index in [2.05, 4.69) is 28.0 Å². The van der Waals surface area contributed by atoms with Crippen LogP contribution in [0.1, 0.15) is 35.3 Å². The van der Waals surface area contributed by atoms with Crippen LogP contribution in [0.25, 0.3) is 0 Å². The zero-order valence-electron chi connectivity index (χ0n) is 23.7. The average Bonchev–Trinajstić information content (AvgIpc) is 3.37. The van der Waals surface area contributed by atoms with E-state index in [9.17, 15) is 13.2 Å². The van der Waals surface area contributed by atoms with Crippen LogP contribution in [0, 0.1) is 0 Å². The minimum absolute atomic E-state index is 0.0598. The number of benzene rings is 3. The number of rotatable bonds is 8. The highest BCUT2D eigenvalue weighted by Gasteiger charge is 2.28. The van der Waals surface area contributed by atoms with Crippen molar-refractivity contribution in [2.24, 2.45) is 0 Å². The van der Waals surface area contributed by atoms with Gasteiger partial charge in [-0.25, -0.2) is 12.7 Å². The molecule has 0 spiro atoms. The van der Waals surface area contributed by atoms with Gasteiger partial charge in [0.05, 0.1) is 16.7 Å². The third-order valence-electron chi connectivity index (χ3n) is 7.49. The highest BCUT2D eigenvalue weighted by Crippen LogP contribution is 2.33. The first-order valence-electron chi connectivity index (χ1n) is 13.8. The van der Waals surface area contributed by atoms with E-state index in [1.807, 2.05) is 44.2 Å². The predicted molar refractivity (Wildman–Crippen MR) is 159 cm³/mol. The molecule has 0 atom stereocenters. The largest absolute Gasteiger partial charge is 0.489 e. The van der Waals surface area contributed by atoms with Crippen molar-refractivity contribution in [1.82, 2.24) is 9.21 Å². The summed E-state index contributed by atoms with van der Waals surface area (Å²) >= 11 is 0. The summed E-state index contributed by atoms with van der Waals surface area (Å²) in [5.41, 5.74) is 4.56. The van der Waals surface area contributed by atoms with Gasteiger partial charge in [-0.3, -0.25) is 9.69 Å². The third kappa shape index (κ3) is 5.87. The quantitative estimate of drug-likeness (QED) is 0.409. The lowest BCUT2D eigenvalue weighted by atomic mass is 10.1. The number of nitrogens with zero attached hydrogens (tertiary/aromatic N) is 4. The van der Waals surface area contributed by atoms with E-state index in [-0.39, 0.29) is 16.9 Å². The molecule has 2 aliphatic rings. The second-order valence-corrected chi connectivity index (χ2v) is 13.0. The summed E-state index contributed by atoms with van der Waals surface area (Å²) < 4.78 is 32.3. The van der Waals surface area contributed by atoms with Crippen LogP contribution in [0.3, 0.4) is 0 Å². The summed E-state index contributed by atoms with van der Waals surface area (Å²) in [4.78, 5) is 20.3. The molecule has 0 aliphatic carbocycles. The van der Waals surface area contributed by atoms with E-state index < -0.39 is 10.0 Å². The number of hydrogen-bond acceptors (Lipinski definition) is 6. The van der Waals surface area contributed by atoms with Gasteiger partial charge in [0.15, 0.2) is 0 Å². The first-order valence-corrected chi connectivity index (χ1v) is 15.3. The molecule has 3 aromatic rings. The molecular formula is C31H38N4O4S. The lowest BCUT2D eigenvalue weighted by molar-refractivity contribution is 0.0989. The van der Waals surface area contributed by atoms with Gasteiger partial charge in [0.2, 0.25) is 10.0 Å². The van der Waals surface area contributed by atoms with E-state index >= 15 is 0 Å². The Kier molecular flexibility index (Phi) is 8.16. The summed E-state index contributed by atoms with van der Waals surface area (Å²) in [6.45, 7) is 9.07. The van der Waals surface area contributed by atoms with Crippen LogP contribution in [0.4, 0.5) is 11.4 Å². The molecule has 2 aliphatic heterocycles. The van der Waals surface area contributed by atoms with Gasteiger partial charge in [-0.2, -0.15) is 0 Å². The average molecular weight is 563 g/mol. The number of amides is 1. The maximum Gasteiger partial charge on any atom is 0.258 e. The summed E-state index contributed by atoms with van der Waals surface area (Å²) in [5, 5.41) is 0. The lowest BCUT2D eigenvalue weighted by Crippen LogP contribution is -2.46. The summed E-state index contributed by atoms with van der Waals surface area (Å²) in [7, 11) is -0.477. The van der Waals surface area contributed by atoms with E-state index in [0.29, 0.717) is 18.5 Å². The van der Waals surface area contributed by atoms with Gasteiger partial charge in [-0.05, 0) is 73.9 Å². The molecule has 40 heavy (non-hydrogen) atoms. The number of hydrogen-bond donors (Lipinski definition) is 0. The molecule has 3 aromatic carbocycles. The van der Waals surface area contributed by atoms with Crippen molar-refractivity contribution >= 4 is 27.3 Å². The SMILES string of the molecule is CC(C)Oc1ccccc1N1CCN(Cc2cccc(C(=O)N3CCc4cc(S(=O)(=O)N(C)C)ccc43)c2)CC1. The smallest absolute Gasteiger partial charge is 0.258 e. The Balaban J connectivity index is 1.23. The fourth-order valence-corrected chi connectivity index (χ4v) is 6.35. The topological polar surface area (TPSA) is 73.4 Å². The number of piperazine rings is 1. The highest BCUT2D eigenvalue weighted by molar-refractivity contribution is 7.89. The standard InChI is InChI=1S/C31H38N4O4S/c1-23(2)39-30-11-6-5-10-29(30)34-18-16-33(17-19-34)22-24-8-7-9-26(20-24)31(36)35-15-14-25-21-27(12-13-28(25)35)40(37,38)32(3)4/h5-13,20-21,23H,14-19,22H2,1-4H3. The van der Waals surface area contributed by atoms with E-state index in [1.165, 1.54) is 18.4 Å². The number of anilines is 2. The molecule has 2 heterocycles. The van der Waals surface area contributed by atoms with E-state index in [0.717, 1.165) is 61.0 Å². The maximum atomic E-state index is 13.5. The van der Waals surface area contributed by atoms with Crippen LogP contribution in [0.15, 0.2) is 71.6 Å². The molecule has 0 radical (unpaired) electrons. The monoisotopic (exact) mass is 562 g/mol. The molecule has 8 nitrogen and oxygen atoms in total. The summed E-state index contributed by atoms with van der Waals surface area (Å²) in [6.07, 6.45) is 0.760. The molecular weight excluding hydrogens is 524 g/mol. The van der Waals surface area contributed by atoms with Gasteiger partial charge in [-0.15, -0.1) is 0 Å².